The largest absolute Gasteiger partial charge is 0.340 e. The van der Waals surface area contributed by atoms with E-state index in [-0.39, 0.29) is 5.78 Å². The first-order chi connectivity index (χ1) is 11.3. The molecule has 0 bridgehead atoms. The Hall–Kier alpha value is -2.61. The van der Waals surface area contributed by atoms with Crippen molar-refractivity contribution in [3.05, 3.63) is 83.7 Å². The van der Waals surface area contributed by atoms with Crippen molar-refractivity contribution in [2.45, 2.75) is 25.8 Å². The van der Waals surface area contributed by atoms with Crippen LogP contribution < -0.4 is 0 Å². The number of benzene rings is 2. The van der Waals surface area contributed by atoms with Gasteiger partial charge in [-0.2, -0.15) is 0 Å². The van der Waals surface area contributed by atoms with E-state index >= 15 is 0 Å². The van der Waals surface area contributed by atoms with Crippen LogP contribution in [0.4, 0.5) is 0 Å². The molecular weight excluding hydrogens is 282 g/mol. The lowest BCUT2D eigenvalue weighted by molar-refractivity contribution is 0.0963. The van der Waals surface area contributed by atoms with Crippen LogP contribution in [0, 0.1) is 0 Å². The zero-order valence-electron chi connectivity index (χ0n) is 13.0. The zero-order valence-corrected chi connectivity index (χ0v) is 13.0. The molecule has 1 heterocycles. The molecule has 2 heteroatoms. The van der Waals surface area contributed by atoms with E-state index in [0.29, 0.717) is 6.42 Å². The zero-order chi connectivity index (χ0) is 15.6. The van der Waals surface area contributed by atoms with Crippen molar-refractivity contribution in [1.29, 1.82) is 0 Å². The maximum atomic E-state index is 12.5. The second-order valence-corrected chi connectivity index (χ2v) is 6.13. The van der Waals surface area contributed by atoms with Crippen LogP contribution in [0.15, 0.2) is 66.9 Å². The molecule has 4 rings (SSSR count). The standard InChI is InChI=1S/C21H19NO/c23-20-13-7-12-18-19(17-10-5-2-6-11-17)15-22(21(18)20)14-16-8-3-1-4-9-16/h1-6,8-11,15H,7,12-14H2. The van der Waals surface area contributed by atoms with E-state index in [9.17, 15) is 4.79 Å². The molecule has 3 aromatic rings. The highest BCUT2D eigenvalue weighted by atomic mass is 16.1. The molecule has 2 aromatic carbocycles. The molecule has 0 atom stereocenters. The SMILES string of the molecule is O=C1CCCc2c(-c3ccccc3)cn(Cc3ccccc3)c21. The Morgan fingerprint density at radius 1 is 0.870 bits per heavy atom. The van der Waals surface area contributed by atoms with E-state index < -0.39 is 0 Å². The third kappa shape index (κ3) is 2.61. The van der Waals surface area contributed by atoms with Gasteiger partial charge >= 0.3 is 0 Å². The van der Waals surface area contributed by atoms with E-state index in [1.165, 1.54) is 22.3 Å². The van der Waals surface area contributed by atoms with Gasteiger partial charge in [0.25, 0.3) is 0 Å². The first kappa shape index (κ1) is 14.0. The van der Waals surface area contributed by atoms with Crippen LogP contribution in [-0.2, 0) is 13.0 Å². The van der Waals surface area contributed by atoms with Crippen molar-refractivity contribution >= 4 is 5.78 Å². The summed E-state index contributed by atoms with van der Waals surface area (Å²) in [6.45, 7) is 0.752. The van der Waals surface area contributed by atoms with Gasteiger partial charge in [-0.3, -0.25) is 4.79 Å². The molecular formula is C21H19NO. The van der Waals surface area contributed by atoms with Crippen LogP contribution in [0.25, 0.3) is 11.1 Å². The Balaban J connectivity index is 1.83. The summed E-state index contributed by atoms with van der Waals surface area (Å²) in [5.41, 5.74) is 5.78. The van der Waals surface area contributed by atoms with Crippen molar-refractivity contribution in [2.75, 3.05) is 0 Å². The molecule has 0 fully saturated rings. The summed E-state index contributed by atoms with van der Waals surface area (Å²) >= 11 is 0. The topological polar surface area (TPSA) is 22.0 Å². The van der Waals surface area contributed by atoms with E-state index in [1.807, 2.05) is 24.3 Å². The Morgan fingerprint density at radius 3 is 2.30 bits per heavy atom. The summed E-state index contributed by atoms with van der Waals surface area (Å²) < 4.78 is 2.15. The first-order valence-corrected chi connectivity index (χ1v) is 8.17. The highest BCUT2D eigenvalue weighted by molar-refractivity contribution is 5.99. The van der Waals surface area contributed by atoms with Crippen molar-refractivity contribution in [2.24, 2.45) is 0 Å². The van der Waals surface area contributed by atoms with Gasteiger partial charge in [0.1, 0.15) is 0 Å². The average molecular weight is 301 g/mol. The van der Waals surface area contributed by atoms with Crippen LogP contribution in [0.2, 0.25) is 0 Å². The molecule has 0 unspecified atom stereocenters. The molecule has 1 aliphatic rings. The minimum absolute atomic E-state index is 0.282. The van der Waals surface area contributed by atoms with Gasteiger partial charge in [-0.05, 0) is 29.5 Å². The molecule has 0 N–H and O–H groups in total. The maximum absolute atomic E-state index is 12.5. The lowest BCUT2D eigenvalue weighted by Crippen LogP contribution is -2.15. The predicted octanol–water partition coefficient (Wildman–Crippen LogP) is 4.72. The Bertz CT molecular complexity index is 831. The number of carbonyl (C=O) groups is 1. The first-order valence-electron chi connectivity index (χ1n) is 8.17. The van der Waals surface area contributed by atoms with Crippen molar-refractivity contribution < 1.29 is 4.79 Å². The molecule has 0 saturated carbocycles. The molecule has 1 aromatic heterocycles. The van der Waals surface area contributed by atoms with Crippen molar-refractivity contribution in [1.82, 2.24) is 4.57 Å². The highest BCUT2D eigenvalue weighted by Gasteiger charge is 2.25. The van der Waals surface area contributed by atoms with Crippen LogP contribution in [0.1, 0.15) is 34.5 Å². The number of ketones is 1. The van der Waals surface area contributed by atoms with Crippen LogP contribution in [-0.4, -0.2) is 10.4 Å². The lowest BCUT2D eigenvalue weighted by Gasteiger charge is -2.15. The third-order valence-corrected chi connectivity index (χ3v) is 4.56. The fourth-order valence-corrected chi connectivity index (χ4v) is 3.50. The fraction of sp³-hybridized carbons (Fsp3) is 0.190. The van der Waals surface area contributed by atoms with Gasteiger partial charge in [0.05, 0.1) is 5.69 Å². The third-order valence-electron chi connectivity index (χ3n) is 4.56. The van der Waals surface area contributed by atoms with Gasteiger partial charge in [-0.15, -0.1) is 0 Å². The molecule has 0 aliphatic heterocycles. The van der Waals surface area contributed by atoms with Gasteiger partial charge < -0.3 is 4.57 Å². The quantitative estimate of drug-likeness (QED) is 0.686. The Kier molecular flexibility index (Phi) is 3.58. The number of rotatable bonds is 3. The normalized spacial score (nSPS) is 13.8. The summed E-state index contributed by atoms with van der Waals surface area (Å²) in [5, 5.41) is 0. The van der Waals surface area contributed by atoms with E-state index in [0.717, 1.165) is 25.1 Å². The number of nitrogens with zero attached hydrogens (tertiary/aromatic N) is 1. The smallest absolute Gasteiger partial charge is 0.179 e. The summed E-state index contributed by atoms with van der Waals surface area (Å²) in [4.78, 5) is 12.5. The Labute approximate surface area is 136 Å². The van der Waals surface area contributed by atoms with Gasteiger partial charge in [-0.25, -0.2) is 0 Å². The monoisotopic (exact) mass is 301 g/mol. The van der Waals surface area contributed by atoms with Gasteiger partial charge in [0.2, 0.25) is 0 Å². The van der Waals surface area contributed by atoms with Crippen molar-refractivity contribution in [3.63, 3.8) is 0 Å². The van der Waals surface area contributed by atoms with Crippen LogP contribution >= 0.6 is 0 Å². The van der Waals surface area contributed by atoms with E-state index in [2.05, 4.69) is 47.2 Å². The second-order valence-electron chi connectivity index (χ2n) is 6.13. The van der Waals surface area contributed by atoms with Gasteiger partial charge in [0, 0.05) is 24.7 Å². The lowest BCUT2D eigenvalue weighted by atomic mass is 9.91. The molecule has 0 spiro atoms. The number of aromatic nitrogens is 1. The second kappa shape index (κ2) is 5.88. The highest BCUT2D eigenvalue weighted by Crippen LogP contribution is 2.33. The Morgan fingerprint density at radius 2 is 1.57 bits per heavy atom. The summed E-state index contributed by atoms with van der Waals surface area (Å²) in [7, 11) is 0. The van der Waals surface area contributed by atoms with Crippen LogP contribution in [0.3, 0.4) is 0 Å². The molecule has 2 nitrogen and oxygen atoms in total. The number of hydrogen-bond donors (Lipinski definition) is 0. The van der Waals surface area contributed by atoms with Gasteiger partial charge in [-0.1, -0.05) is 60.7 Å². The minimum Gasteiger partial charge on any atom is -0.340 e. The number of Topliss-reactive ketones (excluding diaryl/α,β-unsaturated/α-hetero) is 1. The minimum atomic E-state index is 0.282. The summed E-state index contributed by atoms with van der Waals surface area (Å²) in [5.74, 6) is 0.282. The average Bonchev–Trinajstić information content (AvgIpc) is 2.96. The van der Waals surface area contributed by atoms with Gasteiger partial charge in [0.15, 0.2) is 5.78 Å². The molecule has 0 amide bonds. The summed E-state index contributed by atoms with van der Waals surface area (Å²) in [6, 6.07) is 20.7. The van der Waals surface area contributed by atoms with E-state index in [1.54, 1.807) is 0 Å². The number of carbonyl (C=O) groups excluding carboxylic acids is 1. The number of fused-ring (bicyclic) bond motifs is 1. The summed E-state index contributed by atoms with van der Waals surface area (Å²) in [6.07, 6.45) is 4.78. The predicted molar refractivity (Wildman–Crippen MR) is 92.7 cm³/mol. The fourth-order valence-electron chi connectivity index (χ4n) is 3.50. The molecule has 0 saturated heterocycles. The maximum Gasteiger partial charge on any atom is 0.179 e. The van der Waals surface area contributed by atoms with Crippen LogP contribution in [0.5, 0.6) is 0 Å². The molecule has 114 valence electrons. The van der Waals surface area contributed by atoms with Crippen molar-refractivity contribution in [3.8, 4) is 11.1 Å². The molecule has 0 radical (unpaired) electrons. The van der Waals surface area contributed by atoms with E-state index in [4.69, 9.17) is 0 Å². The number of hydrogen-bond acceptors (Lipinski definition) is 1. The molecule has 1 aliphatic carbocycles. The molecule has 23 heavy (non-hydrogen) atoms.